The second-order valence-electron chi connectivity index (χ2n) is 8.26. The van der Waals surface area contributed by atoms with Gasteiger partial charge in [-0.3, -0.25) is 10.1 Å². The fourth-order valence-electron chi connectivity index (χ4n) is 2.43. The first kappa shape index (κ1) is 22.5. The van der Waals surface area contributed by atoms with Crippen LogP contribution >= 0.6 is 0 Å². The lowest BCUT2D eigenvalue weighted by molar-refractivity contribution is -0.123. The van der Waals surface area contributed by atoms with Crippen LogP contribution in [-0.4, -0.2) is 36.3 Å². The number of hydrogen-bond donors (Lipinski definition) is 2. The number of carbonyl (C=O) groups is 3. The fourth-order valence-corrected chi connectivity index (χ4v) is 2.43. The van der Waals surface area contributed by atoms with E-state index >= 15 is 0 Å². The molecule has 7 nitrogen and oxygen atoms in total. The number of ether oxygens (including phenoxy) is 2. The van der Waals surface area contributed by atoms with Gasteiger partial charge in [0.25, 0.3) is 5.91 Å². The summed E-state index contributed by atoms with van der Waals surface area (Å²) in [6.07, 6.45) is -0.895. The van der Waals surface area contributed by atoms with Crippen LogP contribution in [0.4, 0.5) is 4.79 Å². The zero-order chi connectivity index (χ0) is 21.0. The smallest absolute Gasteiger partial charge is 0.413 e. The highest BCUT2D eigenvalue weighted by molar-refractivity contribution is 5.95. The van der Waals surface area contributed by atoms with Crippen LogP contribution in [0.2, 0.25) is 0 Å². The molecule has 0 heterocycles. The van der Waals surface area contributed by atoms with E-state index in [1.165, 1.54) is 0 Å². The highest BCUT2D eigenvalue weighted by Gasteiger charge is 2.28. The Morgan fingerprint density at radius 1 is 0.963 bits per heavy atom. The summed E-state index contributed by atoms with van der Waals surface area (Å²) >= 11 is 0. The first-order valence-electron chi connectivity index (χ1n) is 8.79. The number of alkyl carbamates (subject to hydrolysis) is 1. The maximum Gasteiger partial charge on any atom is 0.413 e. The van der Waals surface area contributed by atoms with E-state index in [1.54, 1.807) is 19.1 Å². The largest absolute Gasteiger partial charge is 0.507 e. The van der Waals surface area contributed by atoms with Gasteiger partial charge >= 0.3 is 12.1 Å². The molecule has 0 fully saturated rings. The van der Waals surface area contributed by atoms with Crippen LogP contribution in [0.25, 0.3) is 0 Å². The molecule has 1 aromatic carbocycles. The normalized spacial score (nSPS) is 11.7. The molecule has 2 N–H and O–H groups in total. The third-order valence-electron chi connectivity index (χ3n) is 3.81. The van der Waals surface area contributed by atoms with Crippen molar-refractivity contribution in [1.82, 2.24) is 5.32 Å². The van der Waals surface area contributed by atoms with E-state index < -0.39 is 35.4 Å². The molecule has 0 aliphatic carbocycles. The number of imide groups is 1. The molecule has 0 saturated carbocycles. The minimum atomic E-state index is -0.895. The molecule has 0 bridgehead atoms. The van der Waals surface area contributed by atoms with Crippen molar-refractivity contribution >= 4 is 18.0 Å². The number of phenolic OH excluding ortho intramolecular Hbond substituents is 1. The number of carbonyl (C=O) groups excluding carboxylic acids is 3. The highest BCUT2D eigenvalue weighted by Crippen LogP contribution is 2.39. The van der Waals surface area contributed by atoms with Crippen LogP contribution in [0, 0.1) is 0 Å². The zero-order valence-corrected chi connectivity index (χ0v) is 17.1. The molecule has 2 amide bonds. The van der Waals surface area contributed by atoms with Gasteiger partial charge in [-0.1, -0.05) is 41.5 Å². The minimum absolute atomic E-state index is 0.123. The summed E-state index contributed by atoms with van der Waals surface area (Å²) in [7, 11) is 0. The summed E-state index contributed by atoms with van der Waals surface area (Å²) in [6.45, 7) is 12.7. The van der Waals surface area contributed by atoms with Crippen LogP contribution in [0.15, 0.2) is 12.1 Å². The average molecular weight is 379 g/mol. The lowest BCUT2D eigenvalue weighted by Crippen LogP contribution is -2.34. The molecule has 27 heavy (non-hydrogen) atoms. The summed E-state index contributed by atoms with van der Waals surface area (Å²) < 4.78 is 9.59. The molecule has 7 heteroatoms. The fraction of sp³-hybridized carbons (Fsp3) is 0.550. The standard InChI is InChI=1S/C20H29NO6/c1-8-26-18(25)21-15(22)11-27-17(24)12-9-13(19(2,3)4)16(23)14(10-12)20(5,6)7/h9-10,23H,8,11H2,1-7H3,(H,21,22,25). The van der Waals surface area contributed by atoms with Gasteiger partial charge in [0.05, 0.1) is 12.2 Å². The first-order valence-corrected chi connectivity index (χ1v) is 8.79. The second kappa shape index (κ2) is 8.41. The van der Waals surface area contributed by atoms with E-state index in [9.17, 15) is 19.5 Å². The van der Waals surface area contributed by atoms with E-state index in [0.29, 0.717) is 11.1 Å². The van der Waals surface area contributed by atoms with Gasteiger partial charge in [-0.2, -0.15) is 0 Å². The lowest BCUT2D eigenvalue weighted by Gasteiger charge is -2.27. The molecular weight excluding hydrogens is 350 g/mol. The Balaban J connectivity index is 3.06. The SMILES string of the molecule is CCOC(=O)NC(=O)COC(=O)c1cc(C(C)(C)C)c(O)c(C(C)(C)C)c1. The third-order valence-corrected chi connectivity index (χ3v) is 3.81. The van der Waals surface area contributed by atoms with Crippen LogP contribution in [-0.2, 0) is 25.1 Å². The Morgan fingerprint density at radius 3 is 1.85 bits per heavy atom. The van der Waals surface area contributed by atoms with Crippen molar-refractivity contribution in [3.63, 3.8) is 0 Å². The van der Waals surface area contributed by atoms with Gasteiger partial charge in [-0.15, -0.1) is 0 Å². The molecule has 1 rings (SSSR count). The molecule has 0 atom stereocenters. The summed E-state index contributed by atoms with van der Waals surface area (Å²) in [4.78, 5) is 35.3. The number of amides is 2. The monoisotopic (exact) mass is 379 g/mol. The lowest BCUT2D eigenvalue weighted by atomic mass is 9.78. The van der Waals surface area contributed by atoms with E-state index in [-0.39, 0.29) is 17.9 Å². The first-order chi connectivity index (χ1) is 12.3. The maximum atomic E-state index is 12.4. The van der Waals surface area contributed by atoms with Crippen molar-refractivity contribution in [2.75, 3.05) is 13.2 Å². The molecular formula is C20H29NO6. The summed E-state index contributed by atoms with van der Waals surface area (Å²) in [5.74, 6) is -1.36. The zero-order valence-electron chi connectivity index (χ0n) is 17.1. The molecule has 1 aromatic rings. The molecule has 0 saturated heterocycles. The topological polar surface area (TPSA) is 102 Å². The number of rotatable bonds is 4. The van der Waals surface area contributed by atoms with E-state index in [0.717, 1.165) is 0 Å². The Kier molecular flexibility index (Phi) is 7.00. The van der Waals surface area contributed by atoms with Crippen LogP contribution in [0.3, 0.4) is 0 Å². The Hall–Kier alpha value is -2.57. The summed E-state index contributed by atoms with van der Waals surface area (Å²) in [5.41, 5.74) is 0.644. The Bertz CT molecular complexity index is 690. The second-order valence-corrected chi connectivity index (χ2v) is 8.26. The predicted octanol–water partition coefficient (Wildman–Crippen LogP) is 3.42. The summed E-state index contributed by atoms with van der Waals surface area (Å²) in [6, 6.07) is 3.13. The number of hydrogen-bond acceptors (Lipinski definition) is 6. The van der Waals surface area contributed by atoms with Gasteiger partial charge in [-0.05, 0) is 29.9 Å². The van der Waals surface area contributed by atoms with Crippen molar-refractivity contribution in [3.05, 3.63) is 28.8 Å². The van der Waals surface area contributed by atoms with Crippen molar-refractivity contribution < 1.29 is 29.0 Å². The molecule has 0 aliphatic heterocycles. The molecule has 0 spiro atoms. The van der Waals surface area contributed by atoms with Crippen LogP contribution in [0.1, 0.15) is 70.0 Å². The molecule has 0 unspecified atom stereocenters. The van der Waals surface area contributed by atoms with Gasteiger partial charge in [0.1, 0.15) is 5.75 Å². The Morgan fingerprint density at radius 2 is 1.44 bits per heavy atom. The van der Waals surface area contributed by atoms with Gasteiger partial charge in [-0.25, -0.2) is 9.59 Å². The van der Waals surface area contributed by atoms with E-state index in [2.05, 4.69) is 4.74 Å². The number of esters is 1. The van der Waals surface area contributed by atoms with Crippen LogP contribution in [0.5, 0.6) is 5.75 Å². The average Bonchev–Trinajstić information content (AvgIpc) is 2.50. The number of benzene rings is 1. The van der Waals surface area contributed by atoms with Crippen molar-refractivity contribution in [1.29, 1.82) is 0 Å². The van der Waals surface area contributed by atoms with E-state index in [1.807, 2.05) is 46.9 Å². The summed E-state index contributed by atoms with van der Waals surface area (Å²) in [5, 5.41) is 12.6. The highest BCUT2D eigenvalue weighted by atomic mass is 16.6. The number of phenols is 1. The van der Waals surface area contributed by atoms with Gasteiger partial charge < -0.3 is 14.6 Å². The minimum Gasteiger partial charge on any atom is -0.507 e. The van der Waals surface area contributed by atoms with Crippen molar-refractivity contribution in [3.8, 4) is 5.75 Å². The molecule has 0 aromatic heterocycles. The Labute approximate surface area is 160 Å². The molecule has 0 aliphatic rings. The number of aromatic hydroxyl groups is 1. The number of nitrogens with one attached hydrogen (secondary N) is 1. The predicted molar refractivity (Wildman–Crippen MR) is 101 cm³/mol. The van der Waals surface area contributed by atoms with Gasteiger partial charge in [0.15, 0.2) is 6.61 Å². The van der Waals surface area contributed by atoms with Crippen molar-refractivity contribution in [2.45, 2.75) is 59.3 Å². The maximum absolute atomic E-state index is 12.4. The third kappa shape index (κ3) is 6.27. The van der Waals surface area contributed by atoms with Gasteiger partial charge in [0.2, 0.25) is 0 Å². The van der Waals surface area contributed by atoms with E-state index in [4.69, 9.17) is 4.74 Å². The van der Waals surface area contributed by atoms with Gasteiger partial charge in [0, 0.05) is 11.1 Å². The van der Waals surface area contributed by atoms with Crippen molar-refractivity contribution in [2.24, 2.45) is 0 Å². The molecule has 150 valence electrons. The quantitative estimate of drug-likeness (QED) is 0.777. The van der Waals surface area contributed by atoms with Crippen LogP contribution < -0.4 is 5.32 Å². The molecule has 0 radical (unpaired) electrons.